The highest BCUT2D eigenvalue weighted by atomic mass is 79.9. The third kappa shape index (κ3) is 2.22. The molecule has 0 radical (unpaired) electrons. The van der Waals surface area contributed by atoms with Gasteiger partial charge in [0.1, 0.15) is 11.8 Å². The Morgan fingerprint density at radius 3 is 2.71 bits per heavy atom. The topological polar surface area (TPSA) is 33.5 Å². The monoisotopic (exact) mass is 295 g/mol. The van der Waals surface area contributed by atoms with E-state index in [0.29, 0.717) is 18.7 Å². The zero-order chi connectivity index (χ0) is 12.4. The number of carbonyl (C=O) groups is 1. The van der Waals surface area contributed by atoms with Gasteiger partial charge in [-0.25, -0.2) is 0 Å². The molecule has 0 bridgehead atoms. The molecule has 0 N–H and O–H groups in total. The fourth-order valence-electron chi connectivity index (χ4n) is 1.85. The van der Waals surface area contributed by atoms with E-state index < -0.39 is 0 Å². The lowest BCUT2D eigenvalue weighted by atomic mass is 10.1. The molecular weight excluding hydrogens is 282 g/mol. The second-order valence-corrected chi connectivity index (χ2v) is 4.68. The number of benzene rings is 1. The maximum atomic E-state index is 12.2. The van der Waals surface area contributed by atoms with Gasteiger partial charge in [-0.05, 0) is 32.0 Å². The zero-order valence-electron chi connectivity index (χ0n) is 9.87. The van der Waals surface area contributed by atoms with Gasteiger partial charge in [0.05, 0.1) is 5.56 Å². The molecule has 0 unspecified atom stereocenters. The van der Waals surface area contributed by atoms with Crippen LogP contribution in [0.2, 0.25) is 0 Å². The van der Waals surface area contributed by atoms with E-state index in [0.717, 1.165) is 15.4 Å². The van der Waals surface area contributed by atoms with Crippen molar-refractivity contribution in [2.75, 3.05) is 13.1 Å². The minimum atomic E-state index is 0.0241. The summed E-state index contributed by atoms with van der Waals surface area (Å²) in [6, 6.07) is 5.69. The lowest BCUT2D eigenvalue weighted by Crippen LogP contribution is -2.30. The smallest absolute Gasteiger partial charge is 0.257 e. The van der Waals surface area contributed by atoms with E-state index in [1.807, 2.05) is 32.0 Å². The van der Waals surface area contributed by atoms with Crippen molar-refractivity contribution in [2.45, 2.75) is 13.8 Å². The highest BCUT2D eigenvalue weighted by molar-refractivity contribution is 9.10. The van der Waals surface area contributed by atoms with Crippen molar-refractivity contribution in [1.82, 2.24) is 4.90 Å². The molecule has 17 heavy (non-hydrogen) atoms. The molecule has 1 aromatic carbocycles. The van der Waals surface area contributed by atoms with Crippen molar-refractivity contribution in [3.8, 4) is 0 Å². The number of nitrogens with zero attached hydrogens (tertiary/aromatic N) is 1. The van der Waals surface area contributed by atoms with Crippen LogP contribution in [0.25, 0.3) is 11.0 Å². The average Bonchev–Trinajstić information content (AvgIpc) is 2.73. The second kappa shape index (κ2) is 4.92. The first-order chi connectivity index (χ1) is 8.17. The zero-order valence-corrected chi connectivity index (χ0v) is 11.5. The number of hydrogen-bond donors (Lipinski definition) is 0. The molecule has 0 saturated heterocycles. The van der Waals surface area contributed by atoms with Crippen molar-refractivity contribution >= 4 is 32.8 Å². The van der Waals surface area contributed by atoms with Crippen molar-refractivity contribution in [1.29, 1.82) is 0 Å². The summed E-state index contributed by atoms with van der Waals surface area (Å²) in [5.74, 6) is 0.0241. The van der Waals surface area contributed by atoms with E-state index >= 15 is 0 Å². The molecule has 1 amide bonds. The fourth-order valence-corrected chi connectivity index (χ4v) is 2.19. The van der Waals surface area contributed by atoms with E-state index in [2.05, 4.69) is 15.9 Å². The van der Waals surface area contributed by atoms with Crippen LogP contribution in [0.4, 0.5) is 0 Å². The number of rotatable bonds is 3. The van der Waals surface area contributed by atoms with Crippen molar-refractivity contribution < 1.29 is 9.21 Å². The van der Waals surface area contributed by atoms with Gasteiger partial charge in [-0.3, -0.25) is 4.79 Å². The Kier molecular flexibility index (Phi) is 3.52. The first kappa shape index (κ1) is 12.2. The van der Waals surface area contributed by atoms with Crippen LogP contribution in [0.15, 0.2) is 33.4 Å². The quantitative estimate of drug-likeness (QED) is 0.865. The number of halogens is 1. The van der Waals surface area contributed by atoms with E-state index in [1.54, 1.807) is 4.90 Å². The molecular formula is C13H14BrNO2. The van der Waals surface area contributed by atoms with Gasteiger partial charge in [-0.1, -0.05) is 15.9 Å². The third-order valence-electron chi connectivity index (χ3n) is 2.82. The first-order valence-electron chi connectivity index (χ1n) is 5.63. The lowest BCUT2D eigenvalue weighted by Gasteiger charge is -2.17. The van der Waals surface area contributed by atoms with Crippen LogP contribution in [-0.2, 0) is 0 Å². The van der Waals surface area contributed by atoms with Gasteiger partial charge in [0.15, 0.2) is 0 Å². The maximum absolute atomic E-state index is 12.2. The molecule has 3 nitrogen and oxygen atoms in total. The summed E-state index contributed by atoms with van der Waals surface area (Å²) >= 11 is 3.38. The van der Waals surface area contributed by atoms with Gasteiger partial charge in [0.25, 0.3) is 5.91 Å². The van der Waals surface area contributed by atoms with Crippen molar-refractivity contribution in [3.05, 3.63) is 34.5 Å². The molecule has 0 aliphatic carbocycles. The Morgan fingerprint density at radius 1 is 1.35 bits per heavy atom. The van der Waals surface area contributed by atoms with Gasteiger partial charge >= 0.3 is 0 Å². The van der Waals surface area contributed by atoms with Gasteiger partial charge in [0.2, 0.25) is 0 Å². The minimum Gasteiger partial charge on any atom is -0.463 e. The Hall–Kier alpha value is -1.29. The Bertz CT molecular complexity index is 543. The summed E-state index contributed by atoms with van der Waals surface area (Å²) < 4.78 is 6.36. The van der Waals surface area contributed by atoms with E-state index in [9.17, 15) is 4.79 Å². The summed E-state index contributed by atoms with van der Waals surface area (Å²) in [7, 11) is 0. The molecule has 0 saturated carbocycles. The third-order valence-corrected chi connectivity index (χ3v) is 3.31. The fraction of sp³-hybridized carbons (Fsp3) is 0.308. The van der Waals surface area contributed by atoms with Crippen LogP contribution < -0.4 is 0 Å². The molecule has 90 valence electrons. The van der Waals surface area contributed by atoms with E-state index in [4.69, 9.17) is 4.42 Å². The number of furan rings is 1. The molecule has 2 aromatic rings. The molecule has 0 aliphatic rings. The average molecular weight is 296 g/mol. The van der Waals surface area contributed by atoms with Crippen LogP contribution in [0.5, 0.6) is 0 Å². The maximum Gasteiger partial charge on any atom is 0.257 e. The predicted octanol–water partition coefficient (Wildman–Crippen LogP) is 3.68. The molecule has 0 spiro atoms. The highest BCUT2D eigenvalue weighted by Gasteiger charge is 2.17. The molecule has 4 heteroatoms. The van der Waals surface area contributed by atoms with Crippen LogP contribution in [0.3, 0.4) is 0 Å². The number of hydrogen-bond acceptors (Lipinski definition) is 2. The number of carbonyl (C=O) groups excluding carboxylic acids is 1. The van der Waals surface area contributed by atoms with E-state index in [1.165, 1.54) is 6.26 Å². The summed E-state index contributed by atoms with van der Waals surface area (Å²) in [5, 5.41) is 0.866. The predicted molar refractivity (Wildman–Crippen MR) is 71.2 cm³/mol. The lowest BCUT2D eigenvalue weighted by molar-refractivity contribution is 0.0774. The van der Waals surface area contributed by atoms with Gasteiger partial charge in [0, 0.05) is 22.9 Å². The van der Waals surface area contributed by atoms with Gasteiger partial charge < -0.3 is 9.32 Å². The molecule has 1 aromatic heterocycles. The van der Waals surface area contributed by atoms with Gasteiger partial charge in [-0.2, -0.15) is 0 Å². The summed E-state index contributed by atoms with van der Waals surface area (Å²) in [6.07, 6.45) is 1.54. The van der Waals surface area contributed by atoms with Crippen molar-refractivity contribution in [2.24, 2.45) is 0 Å². The number of fused-ring (bicyclic) bond motifs is 1. The Labute approximate surface area is 109 Å². The highest BCUT2D eigenvalue weighted by Crippen LogP contribution is 2.25. The van der Waals surface area contributed by atoms with E-state index in [-0.39, 0.29) is 5.91 Å². The standard InChI is InChI=1S/C13H14BrNO2/c1-3-15(4-2)13(16)11-8-17-12-7-9(14)5-6-10(11)12/h5-8H,3-4H2,1-2H3. The largest absolute Gasteiger partial charge is 0.463 e. The number of amides is 1. The first-order valence-corrected chi connectivity index (χ1v) is 6.42. The summed E-state index contributed by atoms with van der Waals surface area (Å²) in [4.78, 5) is 14.0. The van der Waals surface area contributed by atoms with Crippen LogP contribution in [0.1, 0.15) is 24.2 Å². The Balaban J connectivity index is 2.46. The molecule has 0 atom stereocenters. The SMILES string of the molecule is CCN(CC)C(=O)c1coc2cc(Br)ccc12. The van der Waals surface area contributed by atoms with Crippen molar-refractivity contribution in [3.63, 3.8) is 0 Å². The second-order valence-electron chi connectivity index (χ2n) is 3.77. The summed E-state index contributed by atoms with van der Waals surface area (Å²) in [5.41, 5.74) is 1.37. The minimum absolute atomic E-state index is 0.0241. The summed E-state index contributed by atoms with van der Waals surface area (Å²) in [6.45, 7) is 5.36. The molecule has 0 aliphatic heterocycles. The molecule has 0 fully saturated rings. The Morgan fingerprint density at radius 2 is 2.06 bits per heavy atom. The van der Waals surface area contributed by atoms with Gasteiger partial charge in [-0.15, -0.1) is 0 Å². The normalized spacial score (nSPS) is 10.8. The van der Waals surface area contributed by atoms with Crippen LogP contribution >= 0.6 is 15.9 Å². The van der Waals surface area contributed by atoms with Crippen LogP contribution in [0, 0.1) is 0 Å². The molecule has 2 rings (SSSR count). The molecule has 1 heterocycles. The van der Waals surface area contributed by atoms with Crippen LogP contribution in [-0.4, -0.2) is 23.9 Å².